The molecule has 1 aliphatic rings. The van der Waals surface area contributed by atoms with E-state index in [0.29, 0.717) is 18.1 Å². The molecule has 0 heterocycles. The fourth-order valence-electron chi connectivity index (χ4n) is 1.43. The number of hydrogen-bond donors (Lipinski definition) is 0. The van der Waals surface area contributed by atoms with Crippen molar-refractivity contribution in [3.63, 3.8) is 0 Å². The predicted molar refractivity (Wildman–Crippen MR) is 48.0 cm³/mol. The number of benzene rings is 1. The van der Waals surface area contributed by atoms with Gasteiger partial charge in [0.25, 0.3) is 0 Å². The van der Waals surface area contributed by atoms with E-state index in [2.05, 4.69) is 0 Å². The van der Waals surface area contributed by atoms with Crippen molar-refractivity contribution >= 4 is 5.78 Å². The van der Waals surface area contributed by atoms with Crippen LogP contribution in [0.3, 0.4) is 0 Å². The van der Waals surface area contributed by atoms with Gasteiger partial charge in [-0.3, -0.25) is 4.79 Å². The maximum atomic E-state index is 13.1. The molecule has 2 rings (SSSR count). The molecule has 0 aromatic heterocycles. The Morgan fingerprint density at radius 3 is 2.33 bits per heavy atom. The summed E-state index contributed by atoms with van der Waals surface area (Å²) in [7, 11) is 0. The zero-order valence-electron chi connectivity index (χ0n) is 7.90. The first-order chi connectivity index (χ1) is 7.08. The fraction of sp³-hybridized carbons (Fsp3) is 0.364. The zero-order chi connectivity index (χ0) is 11.0. The topological polar surface area (TPSA) is 17.1 Å². The van der Waals surface area contributed by atoms with Crippen LogP contribution in [0.4, 0.5) is 13.2 Å². The Labute approximate surface area is 84.9 Å². The summed E-state index contributed by atoms with van der Waals surface area (Å²) in [4.78, 5) is 11.5. The lowest BCUT2D eigenvalue weighted by Gasteiger charge is -2.02. The average molecular weight is 214 g/mol. The molecule has 80 valence electrons. The normalized spacial score (nSPS) is 15.4. The predicted octanol–water partition coefficient (Wildman–Crippen LogP) is 3.09. The van der Waals surface area contributed by atoms with Gasteiger partial charge in [0.1, 0.15) is 5.82 Å². The molecule has 1 saturated carbocycles. The summed E-state index contributed by atoms with van der Waals surface area (Å²) in [5, 5.41) is 0. The fourth-order valence-corrected chi connectivity index (χ4v) is 1.43. The van der Waals surface area contributed by atoms with E-state index in [4.69, 9.17) is 0 Å². The lowest BCUT2D eigenvalue weighted by molar-refractivity contribution is 0.0971. The van der Waals surface area contributed by atoms with E-state index in [9.17, 15) is 18.0 Å². The molecule has 0 amide bonds. The van der Waals surface area contributed by atoms with Gasteiger partial charge in [-0.2, -0.15) is 0 Å². The van der Waals surface area contributed by atoms with Crippen LogP contribution in [0.1, 0.15) is 29.6 Å². The summed E-state index contributed by atoms with van der Waals surface area (Å²) in [6.45, 7) is 0. The highest BCUT2D eigenvalue weighted by atomic mass is 19.2. The standard InChI is InChI=1S/C11H9F3O/c12-8-5-10(14)9(13)4-7(8)11(15)3-6-1-2-6/h4-6H,1-3H2. The minimum Gasteiger partial charge on any atom is -0.294 e. The van der Waals surface area contributed by atoms with Crippen molar-refractivity contribution in [2.45, 2.75) is 19.3 Å². The smallest absolute Gasteiger partial charge is 0.166 e. The Balaban J connectivity index is 2.25. The number of Topliss-reactive ketones (excluding diaryl/α,β-unsaturated/α-hetero) is 1. The monoisotopic (exact) mass is 214 g/mol. The summed E-state index contributed by atoms with van der Waals surface area (Å²) in [5.74, 6) is -3.59. The van der Waals surface area contributed by atoms with Gasteiger partial charge in [-0.1, -0.05) is 0 Å². The van der Waals surface area contributed by atoms with Crippen LogP contribution in [0.25, 0.3) is 0 Å². The molecule has 0 spiro atoms. The number of carbonyl (C=O) groups is 1. The number of halogens is 3. The molecule has 0 aliphatic heterocycles. The van der Waals surface area contributed by atoms with Crippen molar-refractivity contribution < 1.29 is 18.0 Å². The Bertz CT molecular complexity index is 411. The van der Waals surface area contributed by atoms with Crippen LogP contribution in [0.5, 0.6) is 0 Å². The van der Waals surface area contributed by atoms with E-state index in [0.717, 1.165) is 12.8 Å². The average Bonchev–Trinajstić information content (AvgIpc) is 2.95. The number of ketones is 1. The van der Waals surface area contributed by atoms with Crippen molar-refractivity contribution in [2.75, 3.05) is 0 Å². The second-order valence-corrected chi connectivity index (χ2v) is 3.82. The van der Waals surface area contributed by atoms with E-state index in [1.165, 1.54) is 0 Å². The highest BCUT2D eigenvalue weighted by Gasteiger charge is 2.26. The summed E-state index contributed by atoms with van der Waals surface area (Å²) in [6.07, 6.45) is 2.13. The second kappa shape index (κ2) is 3.68. The Morgan fingerprint density at radius 1 is 1.13 bits per heavy atom. The molecule has 1 nitrogen and oxygen atoms in total. The van der Waals surface area contributed by atoms with Crippen molar-refractivity contribution in [1.82, 2.24) is 0 Å². The van der Waals surface area contributed by atoms with Crippen molar-refractivity contribution in [1.29, 1.82) is 0 Å². The van der Waals surface area contributed by atoms with Crippen LogP contribution in [-0.2, 0) is 0 Å². The van der Waals surface area contributed by atoms with Crippen LogP contribution >= 0.6 is 0 Å². The van der Waals surface area contributed by atoms with Gasteiger partial charge in [0.2, 0.25) is 0 Å². The molecule has 4 heteroatoms. The van der Waals surface area contributed by atoms with Gasteiger partial charge in [0, 0.05) is 12.5 Å². The molecular formula is C11H9F3O. The van der Waals surface area contributed by atoms with Gasteiger partial charge >= 0.3 is 0 Å². The number of hydrogen-bond acceptors (Lipinski definition) is 1. The zero-order valence-corrected chi connectivity index (χ0v) is 7.90. The molecule has 0 unspecified atom stereocenters. The molecule has 0 bridgehead atoms. The van der Waals surface area contributed by atoms with Gasteiger partial charge in [0.05, 0.1) is 5.56 Å². The van der Waals surface area contributed by atoms with Crippen molar-refractivity contribution in [3.05, 3.63) is 35.1 Å². The van der Waals surface area contributed by atoms with Gasteiger partial charge in [-0.25, -0.2) is 13.2 Å². The molecule has 0 radical (unpaired) electrons. The highest BCUT2D eigenvalue weighted by molar-refractivity contribution is 5.96. The van der Waals surface area contributed by atoms with Gasteiger partial charge in [-0.05, 0) is 24.8 Å². The molecule has 1 aliphatic carbocycles. The quantitative estimate of drug-likeness (QED) is 0.558. The maximum Gasteiger partial charge on any atom is 0.166 e. The number of carbonyl (C=O) groups excluding carboxylic acids is 1. The third-order valence-corrected chi connectivity index (χ3v) is 2.48. The van der Waals surface area contributed by atoms with E-state index < -0.39 is 23.2 Å². The van der Waals surface area contributed by atoms with Crippen molar-refractivity contribution in [2.24, 2.45) is 5.92 Å². The van der Waals surface area contributed by atoms with Gasteiger partial charge < -0.3 is 0 Å². The molecule has 0 N–H and O–H groups in total. The van der Waals surface area contributed by atoms with Crippen molar-refractivity contribution in [3.8, 4) is 0 Å². The highest BCUT2D eigenvalue weighted by Crippen LogP contribution is 2.33. The first kappa shape index (κ1) is 10.2. The molecule has 1 aromatic rings. The Morgan fingerprint density at radius 2 is 1.73 bits per heavy atom. The van der Waals surface area contributed by atoms with Crippen LogP contribution in [0.15, 0.2) is 12.1 Å². The molecule has 0 saturated heterocycles. The van der Waals surface area contributed by atoms with Crippen LogP contribution in [-0.4, -0.2) is 5.78 Å². The Hall–Kier alpha value is -1.32. The maximum absolute atomic E-state index is 13.1. The summed E-state index contributed by atoms with van der Waals surface area (Å²) in [6, 6.07) is 1.05. The Kier molecular flexibility index (Phi) is 2.50. The lowest BCUT2D eigenvalue weighted by Crippen LogP contribution is -2.05. The summed E-state index contributed by atoms with van der Waals surface area (Å²) < 4.78 is 38.5. The largest absolute Gasteiger partial charge is 0.294 e. The minimum atomic E-state index is -1.27. The third-order valence-electron chi connectivity index (χ3n) is 2.48. The third kappa shape index (κ3) is 2.19. The van der Waals surface area contributed by atoms with E-state index in [1.807, 2.05) is 0 Å². The molecular weight excluding hydrogens is 205 g/mol. The van der Waals surface area contributed by atoms with E-state index >= 15 is 0 Å². The first-order valence-electron chi connectivity index (χ1n) is 4.75. The van der Waals surface area contributed by atoms with Gasteiger partial charge in [0.15, 0.2) is 17.4 Å². The molecule has 1 fully saturated rings. The van der Waals surface area contributed by atoms with E-state index in [-0.39, 0.29) is 12.0 Å². The first-order valence-corrected chi connectivity index (χ1v) is 4.75. The lowest BCUT2D eigenvalue weighted by atomic mass is 10.1. The SMILES string of the molecule is O=C(CC1CC1)c1cc(F)c(F)cc1F. The second-order valence-electron chi connectivity index (χ2n) is 3.82. The van der Waals surface area contributed by atoms with Crippen LogP contribution < -0.4 is 0 Å². The van der Waals surface area contributed by atoms with E-state index in [1.54, 1.807) is 0 Å². The van der Waals surface area contributed by atoms with Crippen LogP contribution in [0, 0.1) is 23.4 Å². The molecule has 1 aromatic carbocycles. The number of rotatable bonds is 3. The molecule has 0 atom stereocenters. The molecule has 15 heavy (non-hydrogen) atoms. The minimum absolute atomic E-state index is 0.224. The van der Waals surface area contributed by atoms with Crippen LogP contribution in [0.2, 0.25) is 0 Å². The summed E-state index contributed by atoms with van der Waals surface area (Å²) in [5.41, 5.74) is -0.346. The van der Waals surface area contributed by atoms with Gasteiger partial charge in [-0.15, -0.1) is 0 Å². The summed E-state index contributed by atoms with van der Waals surface area (Å²) >= 11 is 0.